The molecule has 0 spiro atoms. The highest BCUT2D eigenvalue weighted by atomic mass is 35.5. The molecule has 5 heteroatoms. The van der Waals surface area contributed by atoms with E-state index in [2.05, 4.69) is 10.3 Å². The van der Waals surface area contributed by atoms with Crippen molar-refractivity contribution in [1.29, 1.82) is 0 Å². The first kappa shape index (κ1) is 12.1. The Bertz CT molecular complexity index is 320. The minimum atomic E-state index is 0.196. The van der Waals surface area contributed by atoms with Crippen LogP contribution in [0.1, 0.15) is 13.3 Å². The summed E-state index contributed by atoms with van der Waals surface area (Å²) in [4.78, 5) is 4.07. The van der Waals surface area contributed by atoms with Crippen LogP contribution in [0.3, 0.4) is 0 Å². The number of nitrogens with two attached hydrogens (primary N) is 1. The van der Waals surface area contributed by atoms with E-state index in [1.165, 1.54) is 0 Å². The predicted octanol–water partition coefficient (Wildman–Crippen LogP) is 1.75. The van der Waals surface area contributed by atoms with Crippen molar-refractivity contribution in [2.24, 2.45) is 5.92 Å². The van der Waals surface area contributed by atoms with Crippen molar-refractivity contribution in [3.05, 3.63) is 17.3 Å². The van der Waals surface area contributed by atoms with E-state index >= 15 is 0 Å². The lowest BCUT2D eigenvalue weighted by Crippen LogP contribution is -2.14. The number of aliphatic hydroxyl groups is 1. The van der Waals surface area contributed by atoms with Crippen LogP contribution in [-0.4, -0.2) is 23.2 Å². The average molecular weight is 230 g/mol. The number of hydrogen-bond donors (Lipinski definition) is 3. The number of hydrogen-bond acceptors (Lipinski definition) is 4. The monoisotopic (exact) mass is 229 g/mol. The summed E-state index contributed by atoms with van der Waals surface area (Å²) in [5.74, 6) is 0.975. The maximum atomic E-state index is 8.74. The van der Waals surface area contributed by atoms with E-state index in [9.17, 15) is 0 Å². The molecule has 4 N–H and O–H groups in total. The molecule has 4 nitrogen and oxygen atoms in total. The second kappa shape index (κ2) is 5.78. The Hall–Kier alpha value is -1.00. The SMILES string of the molecule is CC(CCO)CNc1nc(Cl)ccc1N. The summed E-state index contributed by atoms with van der Waals surface area (Å²) in [6.07, 6.45) is 0.757. The molecular weight excluding hydrogens is 214 g/mol. The molecule has 0 saturated heterocycles. The lowest BCUT2D eigenvalue weighted by Gasteiger charge is -2.13. The molecule has 1 rings (SSSR count). The molecule has 0 aliphatic rings. The fraction of sp³-hybridized carbons (Fsp3) is 0.500. The van der Waals surface area contributed by atoms with Crippen molar-refractivity contribution in [3.63, 3.8) is 0 Å². The van der Waals surface area contributed by atoms with Gasteiger partial charge in [-0.05, 0) is 24.5 Å². The van der Waals surface area contributed by atoms with Crippen LogP contribution < -0.4 is 11.1 Å². The lowest BCUT2D eigenvalue weighted by molar-refractivity contribution is 0.266. The van der Waals surface area contributed by atoms with Gasteiger partial charge >= 0.3 is 0 Å². The lowest BCUT2D eigenvalue weighted by atomic mass is 10.1. The first-order valence-electron chi connectivity index (χ1n) is 4.90. The highest BCUT2D eigenvalue weighted by Crippen LogP contribution is 2.18. The van der Waals surface area contributed by atoms with Crippen molar-refractivity contribution in [1.82, 2.24) is 4.98 Å². The van der Waals surface area contributed by atoms with Gasteiger partial charge in [-0.3, -0.25) is 0 Å². The summed E-state index contributed by atoms with van der Waals surface area (Å²) in [7, 11) is 0. The zero-order chi connectivity index (χ0) is 11.3. The van der Waals surface area contributed by atoms with Gasteiger partial charge in [0.2, 0.25) is 0 Å². The molecule has 0 aliphatic carbocycles. The summed E-state index contributed by atoms with van der Waals surface area (Å²) >= 11 is 5.75. The number of pyridine rings is 1. The smallest absolute Gasteiger partial charge is 0.150 e. The predicted molar refractivity (Wildman–Crippen MR) is 63.0 cm³/mol. The molecule has 0 aromatic carbocycles. The molecule has 0 amide bonds. The molecular formula is C10H16ClN3O. The Morgan fingerprint density at radius 1 is 1.60 bits per heavy atom. The highest BCUT2D eigenvalue weighted by molar-refractivity contribution is 6.29. The Balaban J connectivity index is 2.53. The first-order valence-corrected chi connectivity index (χ1v) is 5.28. The van der Waals surface area contributed by atoms with Gasteiger partial charge in [0.1, 0.15) is 5.15 Å². The maximum absolute atomic E-state index is 8.74. The van der Waals surface area contributed by atoms with Gasteiger partial charge in [-0.2, -0.15) is 0 Å². The molecule has 84 valence electrons. The molecule has 0 saturated carbocycles. The Morgan fingerprint density at radius 3 is 3.00 bits per heavy atom. The zero-order valence-electron chi connectivity index (χ0n) is 8.70. The highest BCUT2D eigenvalue weighted by Gasteiger charge is 2.04. The van der Waals surface area contributed by atoms with Crippen LogP contribution in [0.2, 0.25) is 5.15 Å². The number of anilines is 2. The average Bonchev–Trinajstić information content (AvgIpc) is 2.20. The van der Waals surface area contributed by atoms with E-state index in [0.717, 1.165) is 13.0 Å². The number of aliphatic hydroxyl groups excluding tert-OH is 1. The zero-order valence-corrected chi connectivity index (χ0v) is 9.46. The largest absolute Gasteiger partial charge is 0.396 e. The summed E-state index contributed by atoms with van der Waals surface area (Å²) < 4.78 is 0. The summed E-state index contributed by atoms with van der Waals surface area (Å²) in [6.45, 7) is 2.96. The molecule has 1 heterocycles. The van der Waals surface area contributed by atoms with Gasteiger partial charge in [0.25, 0.3) is 0 Å². The normalized spacial score (nSPS) is 12.5. The maximum Gasteiger partial charge on any atom is 0.150 e. The topological polar surface area (TPSA) is 71.2 Å². The van der Waals surface area contributed by atoms with Crippen molar-refractivity contribution in [2.75, 3.05) is 24.2 Å². The van der Waals surface area contributed by atoms with Crippen LogP contribution in [0.4, 0.5) is 11.5 Å². The van der Waals surface area contributed by atoms with Gasteiger partial charge in [-0.1, -0.05) is 18.5 Å². The van der Waals surface area contributed by atoms with Crippen LogP contribution in [0.5, 0.6) is 0 Å². The van der Waals surface area contributed by atoms with Crippen molar-refractivity contribution in [3.8, 4) is 0 Å². The van der Waals surface area contributed by atoms with Crippen LogP contribution in [0, 0.1) is 5.92 Å². The Labute approximate surface area is 94.5 Å². The summed E-state index contributed by atoms with van der Waals surface area (Å²) in [6, 6.07) is 3.37. The second-order valence-electron chi connectivity index (χ2n) is 3.57. The molecule has 0 fully saturated rings. The molecule has 15 heavy (non-hydrogen) atoms. The summed E-state index contributed by atoms with van der Waals surface area (Å²) in [5, 5.41) is 12.3. The number of aromatic nitrogens is 1. The van der Waals surface area contributed by atoms with E-state index in [-0.39, 0.29) is 6.61 Å². The molecule has 0 bridgehead atoms. The van der Waals surface area contributed by atoms with Crippen molar-refractivity contribution < 1.29 is 5.11 Å². The fourth-order valence-electron chi connectivity index (χ4n) is 1.18. The van der Waals surface area contributed by atoms with Gasteiger partial charge in [0, 0.05) is 13.2 Å². The van der Waals surface area contributed by atoms with E-state index in [4.69, 9.17) is 22.4 Å². The number of nitrogens with one attached hydrogen (secondary N) is 1. The Morgan fingerprint density at radius 2 is 2.33 bits per heavy atom. The fourth-order valence-corrected chi connectivity index (χ4v) is 1.33. The van der Waals surface area contributed by atoms with Crippen molar-refractivity contribution >= 4 is 23.1 Å². The number of nitrogen functional groups attached to an aromatic ring is 1. The van der Waals surface area contributed by atoms with E-state index < -0.39 is 0 Å². The molecule has 1 aromatic rings. The quantitative estimate of drug-likeness (QED) is 0.673. The third-order valence-electron chi connectivity index (χ3n) is 2.13. The van der Waals surface area contributed by atoms with E-state index in [0.29, 0.717) is 22.6 Å². The van der Waals surface area contributed by atoms with E-state index in [1.807, 2.05) is 6.92 Å². The van der Waals surface area contributed by atoms with E-state index in [1.54, 1.807) is 12.1 Å². The van der Waals surface area contributed by atoms with Gasteiger partial charge in [0.05, 0.1) is 5.69 Å². The Kier molecular flexibility index (Phi) is 4.65. The van der Waals surface area contributed by atoms with Gasteiger partial charge < -0.3 is 16.2 Å². The molecule has 0 aliphatic heterocycles. The van der Waals surface area contributed by atoms with Gasteiger partial charge in [-0.15, -0.1) is 0 Å². The number of rotatable bonds is 5. The molecule has 1 atom stereocenters. The van der Waals surface area contributed by atoms with Crippen molar-refractivity contribution in [2.45, 2.75) is 13.3 Å². The first-order chi connectivity index (χ1) is 7.13. The minimum absolute atomic E-state index is 0.196. The third-order valence-corrected chi connectivity index (χ3v) is 2.34. The van der Waals surface area contributed by atoms with Gasteiger partial charge in [0.15, 0.2) is 5.82 Å². The van der Waals surface area contributed by atoms with Gasteiger partial charge in [-0.25, -0.2) is 4.98 Å². The summed E-state index contributed by atoms with van der Waals surface area (Å²) in [5.41, 5.74) is 6.30. The molecule has 0 radical (unpaired) electrons. The van der Waals surface area contributed by atoms with Crippen LogP contribution in [-0.2, 0) is 0 Å². The third kappa shape index (κ3) is 3.93. The van der Waals surface area contributed by atoms with Crippen LogP contribution in [0.15, 0.2) is 12.1 Å². The van der Waals surface area contributed by atoms with Crippen LogP contribution >= 0.6 is 11.6 Å². The standard InChI is InChI=1S/C10H16ClN3O/c1-7(4-5-15)6-13-10-8(12)2-3-9(11)14-10/h2-3,7,15H,4-6,12H2,1H3,(H,13,14). The molecule has 1 unspecified atom stereocenters. The van der Waals surface area contributed by atoms with Crippen LogP contribution in [0.25, 0.3) is 0 Å². The second-order valence-corrected chi connectivity index (χ2v) is 3.96. The number of halogens is 1. The minimum Gasteiger partial charge on any atom is -0.396 e. The molecule has 1 aromatic heterocycles. The number of nitrogens with zero attached hydrogens (tertiary/aromatic N) is 1.